The highest BCUT2D eigenvalue weighted by Gasteiger charge is 2.69. The smallest absolute Gasteiger partial charge is 0.315 e. The van der Waals surface area contributed by atoms with Gasteiger partial charge in [-0.3, -0.25) is 19.2 Å². The molecule has 1 saturated heterocycles. The molecule has 5 aliphatic rings. The molecular formula is C41H60N4O7S2. The lowest BCUT2D eigenvalue weighted by atomic mass is 9.75. The van der Waals surface area contributed by atoms with Crippen LogP contribution in [0.4, 0.5) is 4.79 Å². The minimum atomic E-state index is -3.68. The van der Waals surface area contributed by atoms with Crippen LogP contribution < -0.4 is 10.6 Å². The molecule has 54 heavy (non-hydrogen) atoms. The first-order valence-electron chi connectivity index (χ1n) is 20.1. The van der Waals surface area contributed by atoms with E-state index < -0.39 is 57.1 Å². The molecule has 2 aliphatic heterocycles. The summed E-state index contributed by atoms with van der Waals surface area (Å²) in [6, 6.07) is -1.06. The van der Waals surface area contributed by atoms with Gasteiger partial charge in [-0.1, -0.05) is 79.2 Å². The lowest BCUT2D eigenvalue weighted by Crippen LogP contribution is -2.60. The number of ketones is 3. The van der Waals surface area contributed by atoms with Crippen LogP contribution >= 0.6 is 11.3 Å². The number of likely N-dealkylation sites (tertiary alicyclic amines) is 1. The lowest BCUT2D eigenvalue weighted by molar-refractivity contribution is -0.144. The maximum atomic E-state index is 14.8. The average Bonchev–Trinajstić information content (AvgIpc) is 3.55. The van der Waals surface area contributed by atoms with E-state index in [9.17, 15) is 32.4 Å². The van der Waals surface area contributed by atoms with Crippen LogP contribution in [0.25, 0.3) is 0 Å². The van der Waals surface area contributed by atoms with Crippen molar-refractivity contribution < 1.29 is 32.4 Å². The summed E-state index contributed by atoms with van der Waals surface area (Å²) in [7, 11) is -3.68. The van der Waals surface area contributed by atoms with Crippen molar-refractivity contribution in [1.82, 2.24) is 19.8 Å². The molecule has 3 heterocycles. The Labute approximate surface area is 325 Å². The van der Waals surface area contributed by atoms with Crippen LogP contribution in [-0.2, 0) is 35.7 Å². The van der Waals surface area contributed by atoms with Gasteiger partial charge in [-0.15, -0.1) is 17.9 Å². The minimum absolute atomic E-state index is 0.0540. The Morgan fingerprint density at radius 3 is 2.35 bits per heavy atom. The molecule has 0 bridgehead atoms. The Kier molecular flexibility index (Phi) is 12.0. The van der Waals surface area contributed by atoms with Crippen LogP contribution in [0.3, 0.4) is 0 Å². The van der Waals surface area contributed by atoms with Gasteiger partial charge in [0, 0.05) is 49.3 Å². The predicted octanol–water partition coefficient (Wildman–Crippen LogP) is 6.27. The fraction of sp³-hybridized carbons (Fsp3) is 0.732. The molecule has 6 atom stereocenters. The highest BCUT2D eigenvalue weighted by Crippen LogP contribution is 2.65. The first kappa shape index (κ1) is 40.8. The van der Waals surface area contributed by atoms with Crippen molar-refractivity contribution in [3.05, 3.63) is 29.0 Å². The number of Topliss-reactive ketones (excluding diaryl/α,β-unsaturated/α-hetero) is 3. The highest BCUT2D eigenvalue weighted by molar-refractivity contribution is 7.89. The molecule has 1 aromatic rings. The molecule has 298 valence electrons. The topological polar surface area (TPSA) is 150 Å². The molecule has 3 aliphatic carbocycles. The second-order valence-electron chi connectivity index (χ2n) is 18.3. The highest BCUT2D eigenvalue weighted by atomic mass is 32.2. The number of thiophene rings is 1. The molecule has 0 radical (unpaired) electrons. The maximum Gasteiger partial charge on any atom is 0.315 e. The molecule has 4 fully saturated rings. The molecule has 1 aromatic heterocycles. The Balaban J connectivity index is 1.20. The van der Waals surface area contributed by atoms with E-state index in [1.807, 2.05) is 20.8 Å². The lowest BCUT2D eigenvalue weighted by Gasteiger charge is -2.38. The van der Waals surface area contributed by atoms with Crippen LogP contribution in [0.15, 0.2) is 29.0 Å². The predicted molar refractivity (Wildman–Crippen MR) is 208 cm³/mol. The first-order chi connectivity index (χ1) is 25.4. The number of nitrogens with one attached hydrogen (secondary N) is 2. The van der Waals surface area contributed by atoms with E-state index in [1.165, 1.54) is 15.6 Å². The summed E-state index contributed by atoms with van der Waals surface area (Å²) in [6.45, 7) is 14.5. The monoisotopic (exact) mass is 784 g/mol. The number of sulfonamides is 1. The van der Waals surface area contributed by atoms with Crippen molar-refractivity contribution in [3.63, 3.8) is 0 Å². The van der Waals surface area contributed by atoms with Gasteiger partial charge >= 0.3 is 6.03 Å². The Morgan fingerprint density at radius 2 is 1.74 bits per heavy atom. The van der Waals surface area contributed by atoms with Gasteiger partial charge in [0.1, 0.15) is 6.04 Å². The number of hydrogen-bond acceptors (Lipinski definition) is 8. The number of rotatable bonds is 16. The first-order valence-corrected chi connectivity index (χ1v) is 22.4. The van der Waals surface area contributed by atoms with Crippen LogP contribution in [0.2, 0.25) is 0 Å². The Bertz CT molecular complexity index is 1740. The molecule has 2 N–H and O–H groups in total. The van der Waals surface area contributed by atoms with Gasteiger partial charge < -0.3 is 15.5 Å². The zero-order valence-electron chi connectivity index (χ0n) is 32.7. The Morgan fingerprint density at radius 1 is 1.04 bits per heavy atom. The molecule has 13 heteroatoms. The van der Waals surface area contributed by atoms with Gasteiger partial charge in [0.25, 0.3) is 0 Å². The summed E-state index contributed by atoms with van der Waals surface area (Å²) >= 11 is 1.40. The number of fused-ring (bicyclic) bond motifs is 2. The van der Waals surface area contributed by atoms with E-state index in [4.69, 9.17) is 0 Å². The van der Waals surface area contributed by atoms with E-state index >= 15 is 0 Å². The van der Waals surface area contributed by atoms with Crippen molar-refractivity contribution in [2.75, 3.05) is 13.1 Å². The third-order valence-electron chi connectivity index (χ3n) is 13.4. The third-order valence-corrected chi connectivity index (χ3v) is 16.3. The molecular weight excluding hydrogens is 725 g/mol. The van der Waals surface area contributed by atoms with E-state index in [1.54, 1.807) is 22.4 Å². The van der Waals surface area contributed by atoms with Crippen molar-refractivity contribution in [2.45, 2.75) is 141 Å². The van der Waals surface area contributed by atoms with Crippen LogP contribution in [0.1, 0.15) is 117 Å². The molecule has 0 spiro atoms. The summed E-state index contributed by atoms with van der Waals surface area (Å²) in [6.07, 6.45) is 10.1. The van der Waals surface area contributed by atoms with Crippen molar-refractivity contribution in [2.24, 2.45) is 40.4 Å². The Hall–Kier alpha value is -2.90. The summed E-state index contributed by atoms with van der Waals surface area (Å²) in [5.74, 6) is -1.81. The largest absolute Gasteiger partial charge is 0.334 e. The van der Waals surface area contributed by atoms with Crippen molar-refractivity contribution >= 4 is 50.6 Å². The van der Waals surface area contributed by atoms with Gasteiger partial charge in [0.2, 0.25) is 21.7 Å². The van der Waals surface area contributed by atoms with Gasteiger partial charge in [0.15, 0.2) is 11.6 Å². The van der Waals surface area contributed by atoms with Gasteiger partial charge in [-0.05, 0) is 71.6 Å². The second-order valence-corrected chi connectivity index (χ2v) is 21.2. The van der Waals surface area contributed by atoms with Gasteiger partial charge in [0.05, 0.1) is 10.9 Å². The number of amides is 3. The SMILES string of the molecule is C=CCCC(=O)C(=O)C(CC(=O)[C@@H]1[C@@H]2[C@H](CN1C(=O)[C@@H](NC(=O)N[C@H](CN1Cc3sccc3S1(=O)=O)C(C)(C)C)C1CCCCC1)C2(C)C)CC1CCC1. The number of carbonyl (C=O) groups is 5. The number of hydrogen-bond donors (Lipinski definition) is 2. The summed E-state index contributed by atoms with van der Waals surface area (Å²) in [4.78, 5) is 72.4. The van der Waals surface area contributed by atoms with Crippen molar-refractivity contribution in [3.8, 4) is 0 Å². The number of carbonyl (C=O) groups excluding carboxylic acids is 5. The summed E-state index contributed by atoms with van der Waals surface area (Å²) in [5.41, 5.74) is -0.651. The van der Waals surface area contributed by atoms with E-state index in [-0.39, 0.29) is 60.8 Å². The van der Waals surface area contributed by atoms with Crippen molar-refractivity contribution in [1.29, 1.82) is 0 Å². The zero-order chi connectivity index (χ0) is 39.2. The normalized spacial score (nSPS) is 26.5. The summed E-state index contributed by atoms with van der Waals surface area (Å²) in [5, 5.41) is 7.87. The number of urea groups is 1. The van der Waals surface area contributed by atoms with E-state index in [2.05, 4.69) is 31.1 Å². The molecule has 3 saturated carbocycles. The van der Waals surface area contributed by atoms with E-state index in [0.717, 1.165) is 56.2 Å². The second kappa shape index (κ2) is 15.9. The number of nitrogens with zero attached hydrogens (tertiary/aromatic N) is 2. The van der Waals surface area contributed by atoms with Crippen LogP contribution in [0.5, 0.6) is 0 Å². The van der Waals surface area contributed by atoms with Gasteiger partial charge in [-0.25, -0.2) is 13.2 Å². The molecule has 3 amide bonds. The third kappa shape index (κ3) is 8.28. The molecule has 6 rings (SSSR count). The molecule has 11 nitrogen and oxygen atoms in total. The molecule has 0 aromatic carbocycles. The van der Waals surface area contributed by atoms with E-state index in [0.29, 0.717) is 30.2 Å². The number of piperidine rings is 1. The van der Waals surface area contributed by atoms with Crippen LogP contribution in [0, 0.1) is 40.4 Å². The fourth-order valence-electron chi connectivity index (χ4n) is 9.57. The summed E-state index contributed by atoms with van der Waals surface area (Å²) < 4.78 is 28.0. The standard InChI is InChI=1S/C41H60N4O7S2/c1-7-8-17-29(46)37(48)27(20-25-13-12-14-25)21-30(47)36-34-28(41(34,5)6)22-45(36)38(49)35(26-15-10-9-11-16-26)43-39(50)42-33(40(2,3)4)24-44-23-31-32(18-19-53-31)54(44,51)52/h7,18-19,25-28,33-36H,1,8-17,20-24H2,2-6H3,(H2,42,43,50)/t27?,28-,33+,34-,35-,36+/m0/s1. The minimum Gasteiger partial charge on any atom is -0.334 e. The average molecular weight is 785 g/mol. The fourth-order valence-corrected chi connectivity index (χ4v) is 12.5. The van der Waals surface area contributed by atoms with Gasteiger partial charge in [-0.2, -0.15) is 4.31 Å². The number of allylic oxidation sites excluding steroid dienone is 1. The maximum absolute atomic E-state index is 14.8. The van der Waals surface area contributed by atoms with Crippen LogP contribution in [-0.4, -0.2) is 78.1 Å². The molecule has 1 unspecified atom stereocenters. The zero-order valence-corrected chi connectivity index (χ0v) is 34.4. The quantitative estimate of drug-likeness (QED) is 0.148.